The smallest absolute Gasteiger partial charge is 0.250 e. The Hall–Kier alpha value is -2.39. The van der Waals surface area contributed by atoms with Gasteiger partial charge in [-0.2, -0.15) is 0 Å². The van der Waals surface area contributed by atoms with Crippen molar-refractivity contribution >= 4 is 34.9 Å². The van der Waals surface area contributed by atoms with E-state index in [1.165, 1.54) is 25.3 Å². The molecule has 0 aliphatic carbocycles. The molecule has 0 amide bonds. The van der Waals surface area contributed by atoms with Gasteiger partial charge in [-0.1, -0.05) is 35.7 Å². The summed E-state index contributed by atoms with van der Waals surface area (Å²) in [6, 6.07) is 17.3. The maximum atomic E-state index is 12.5. The number of anilines is 2. The number of ether oxygens (including phenoxy) is 1. The molecule has 6 rings (SSSR count). The van der Waals surface area contributed by atoms with Gasteiger partial charge in [0.05, 0.1) is 24.9 Å². The van der Waals surface area contributed by atoms with E-state index in [2.05, 4.69) is 63.0 Å². The van der Waals surface area contributed by atoms with Crippen molar-refractivity contribution in [2.75, 3.05) is 49.6 Å². The van der Waals surface area contributed by atoms with Gasteiger partial charge in [-0.05, 0) is 30.3 Å². The lowest BCUT2D eigenvalue weighted by Crippen LogP contribution is -2.51. The number of rotatable bonds is 4. The molecule has 2 aromatic carbocycles. The van der Waals surface area contributed by atoms with Crippen LogP contribution in [0.25, 0.3) is 11.3 Å². The number of fused-ring (bicyclic) bond motifs is 2. The number of aromatic amines is 1. The van der Waals surface area contributed by atoms with Gasteiger partial charge in [0.25, 0.3) is 0 Å². The first-order chi connectivity index (χ1) is 15.7. The Bertz CT molecular complexity index is 1220. The monoisotopic (exact) mass is 464 g/mol. The summed E-state index contributed by atoms with van der Waals surface area (Å²) < 4.78 is 5.47. The van der Waals surface area contributed by atoms with Crippen molar-refractivity contribution in [1.82, 2.24) is 10.3 Å². The second-order valence-corrected chi connectivity index (χ2v) is 10.3. The van der Waals surface area contributed by atoms with Crippen LogP contribution in [0.4, 0.5) is 11.4 Å². The zero-order chi connectivity index (χ0) is 21.5. The maximum Gasteiger partial charge on any atom is 0.250 e. The fourth-order valence-electron chi connectivity index (χ4n) is 4.21. The molecule has 0 unspecified atom stereocenters. The van der Waals surface area contributed by atoms with Gasteiger partial charge in [-0.3, -0.25) is 4.79 Å². The van der Waals surface area contributed by atoms with Gasteiger partial charge in [0.15, 0.2) is 0 Å². The molecule has 0 saturated carbocycles. The Kier molecular flexibility index (Phi) is 5.38. The van der Waals surface area contributed by atoms with Crippen molar-refractivity contribution in [3.05, 3.63) is 58.9 Å². The zero-order valence-electron chi connectivity index (χ0n) is 17.5. The molecule has 2 saturated heterocycles. The summed E-state index contributed by atoms with van der Waals surface area (Å²) in [5.41, 5.74) is 3.99. The van der Waals surface area contributed by atoms with Crippen LogP contribution in [0.1, 0.15) is 0 Å². The molecule has 0 bridgehead atoms. The number of morpholine rings is 1. The highest BCUT2D eigenvalue weighted by atomic mass is 32.2. The van der Waals surface area contributed by atoms with Crippen LogP contribution in [0.3, 0.4) is 0 Å². The largest absolute Gasteiger partial charge is 0.380 e. The van der Waals surface area contributed by atoms with Gasteiger partial charge in [0.1, 0.15) is 0 Å². The normalized spacial score (nSPS) is 17.9. The maximum absolute atomic E-state index is 12.5. The van der Waals surface area contributed by atoms with Crippen LogP contribution in [-0.4, -0.2) is 50.4 Å². The second kappa shape index (κ2) is 8.51. The van der Waals surface area contributed by atoms with Crippen LogP contribution in [-0.2, 0) is 4.74 Å². The average molecular weight is 465 g/mol. The minimum atomic E-state index is -0.0725. The van der Waals surface area contributed by atoms with Crippen LogP contribution in [0, 0.1) is 0 Å². The summed E-state index contributed by atoms with van der Waals surface area (Å²) in [4.78, 5) is 22.7. The van der Waals surface area contributed by atoms with Gasteiger partial charge < -0.3 is 25.3 Å². The minimum absolute atomic E-state index is 0.0725. The Morgan fingerprint density at radius 2 is 1.84 bits per heavy atom. The molecule has 8 heteroatoms. The molecule has 3 N–H and O–H groups in total. The predicted molar refractivity (Wildman–Crippen MR) is 130 cm³/mol. The molecular formula is C24H24N4O2S2. The van der Waals surface area contributed by atoms with Crippen LogP contribution in [0.5, 0.6) is 0 Å². The second-order valence-electron chi connectivity index (χ2n) is 8.21. The summed E-state index contributed by atoms with van der Waals surface area (Å²) in [7, 11) is 0. The summed E-state index contributed by atoms with van der Waals surface area (Å²) in [5.74, 6) is 0. The van der Waals surface area contributed by atoms with E-state index in [9.17, 15) is 4.79 Å². The first-order valence-corrected chi connectivity index (χ1v) is 12.5. The first-order valence-electron chi connectivity index (χ1n) is 10.9. The van der Waals surface area contributed by atoms with Crippen molar-refractivity contribution in [1.29, 1.82) is 0 Å². The van der Waals surface area contributed by atoms with E-state index >= 15 is 0 Å². The van der Waals surface area contributed by atoms with Gasteiger partial charge in [0.2, 0.25) is 5.56 Å². The molecule has 6 nitrogen and oxygen atoms in total. The van der Waals surface area contributed by atoms with Crippen LogP contribution in [0.15, 0.2) is 72.9 Å². The summed E-state index contributed by atoms with van der Waals surface area (Å²) in [6.07, 6.45) is 0. The third-order valence-corrected chi connectivity index (χ3v) is 8.60. The Morgan fingerprint density at radius 3 is 2.66 bits per heavy atom. The highest BCUT2D eigenvalue weighted by molar-refractivity contribution is 8.05. The first kappa shape index (κ1) is 20.2. The lowest BCUT2D eigenvalue weighted by atomic mass is 10.1. The third-order valence-electron chi connectivity index (χ3n) is 6.00. The number of benzene rings is 2. The fourth-order valence-corrected chi connectivity index (χ4v) is 6.62. The molecule has 3 aliphatic rings. The van der Waals surface area contributed by atoms with E-state index in [0.29, 0.717) is 19.3 Å². The molecule has 2 fully saturated rings. The van der Waals surface area contributed by atoms with Crippen LogP contribution >= 0.6 is 23.5 Å². The lowest BCUT2D eigenvalue weighted by molar-refractivity contribution is 0.122. The van der Waals surface area contributed by atoms with E-state index in [1.807, 2.05) is 0 Å². The quantitative estimate of drug-likeness (QED) is 0.423. The highest BCUT2D eigenvalue weighted by Gasteiger charge is 2.23. The minimum Gasteiger partial charge on any atom is -0.380 e. The molecule has 1 aromatic heterocycles. The van der Waals surface area contributed by atoms with Crippen molar-refractivity contribution < 1.29 is 4.74 Å². The number of nitrogens with zero attached hydrogens (tertiary/aromatic N) is 1. The molecule has 164 valence electrons. The molecule has 4 heterocycles. The van der Waals surface area contributed by atoms with Gasteiger partial charge in [-0.25, -0.2) is 0 Å². The molecule has 0 radical (unpaired) electrons. The van der Waals surface area contributed by atoms with Crippen molar-refractivity contribution in [2.24, 2.45) is 0 Å². The third kappa shape index (κ3) is 3.92. The lowest BCUT2D eigenvalue weighted by Gasteiger charge is -2.30. The van der Waals surface area contributed by atoms with E-state index < -0.39 is 0 Å². The van der Waals surface area contributed by atoms with Gasteiger partial charge in [-0.15, -0.1) is 0 Å². The highest BCUT2D eigenvalue weighted by Crippen LogP contribution is 2.52. The molecular weight excluding hydrogens is 440 g/mol. The average Bonchev–Trinajstić information content (AvgIpc) is 2.80. The van der Waals surface area contributed by atoms with Crippen molar-refractivity contribution in [3.63, 3.8) is 0 Å². The summed E-state index contributed by atoms with van der Waals surface area (Å²) >= 11 is 3.58. The zero-order valence-corrected chi connectivity index (χ0v) is 19.2. The van der Waals surface area contributed by atoms with Crippen LogP contribution in [0.2, 0.25) is 0 Å². The molecule has 3 aromatic rings. The topological polar surface area (TPSA) is 69.4 Å². The summed E-state index contributed by atoms with van der Waals surface area (Å²) in [5, 5.41) is 6.90. The Labute approximate surface area is 195 Å². The number of hydrogen-bond donors (Lipinski definition) is 3. The summed E-state index contributed by atoms with van der Waals surface area (Å²) in [6.45, 7) is 5.04. The van der Waals surface area contributed by atoms with E-state index in [1.54, 1.807) is 29.6 Å². The van der Waals surface area contributed by atoms with E-state index in [-0.39, 0.29) is 5.56 Å². The van der Waals surface area contributed by atoms with E-state index in [4.69, 9.17) is 4.74 Å². The van der Waals surface area contributed by atoms with Crippen molar-refractivity contribution in [3.8, 4) is 11.3 Å². The molecule has 0 spiro atoms. The Balaban J connectivity index is 1.33. The fraction of sp³-hybridized carbons (Fsp3) is 0.292. The standard InChI is InChI=1S/C24H24N4O2S2/c29-23-12-17(28-6-8-30-9-7-28)11-19(27-23)18-2-1-3-21-24(18)32-20-5-4-15(10-22(20)31-21)26-16-13-25-14-16/h1-5,10-12,16,25-26H,6-9,13-14H2,(H,27,29). The Morgan fingerprint density at radius 1 is 0.969 bits per heavy atom. The number of aromatic nitrogens is 1. The number of hydrogen-bond acceptors (Lipinski definition) is 7. The number of H-pyrrole nitrogens is 1. The molecule has 3 aliphatic heterocycles. The molecule has 0 atom stereocenters. The van der Waals surface area contributed by atoms with E-state index in [0.717, 1.165) is 43.1 Å². The van der Waals surface area contributed by atoms with Gasteiger partial charge >= 0.3 is 0 Å². The number of pyridine rings is 1. The SMILES string of the molecule is O=c1cc(N2CCOCC2)cc(-c2cccc3c2Sc2ccc(NC4CNC4)cc2S3)[nH]1. The number of nitrogens with one attached hydrogen (secondary N) is 3. The van der Waals surface area contributed by atoms with Crippen molar-refractivity contribution in [2.45, 2.75) is 25.6 Å². The van der Waals surface area contributed by atoms with Crippen LogP contribution < -0.4 is 21.1 Å². The predicted octanol–water partition coefficient (Wildman–Crippen LogP) is 3.88. The van der Waals surface area contributed by atoms with Gasteiger partial charge in [0, 0.05) is 68.8 Å². The molecule has 32 heavy (non-hydrogen) atoms.